The average molecular weight is 422 g/mol. The molecule has 162 valence electrons. The standard InChI is InChI=1S/C23H26N4O4/c28-13-17-16-12-26-18(7-4-8-19(26)29)20(16)27(21(17)22(30)24-11-14-9-10-14)23(31)25-15-5-2-1-3-6-15/h1-8,14,16-17,20-21,28H,9-13H2,(H,24,30)(H,25,31)/t16-,17-,20+,21-/m0/s1. The second-order valence-electron chi connectivity index (χ2n) is 8.69. The molecule has 1 aromatic carbocycles. The molecule has 2 aromatic rings. The third-order valence-electron chi connectivity index (χ3n) is 6.74. The number of amides is 3. The molecule has 8 nitrogen and oxygen atoms in total. The Morgan fingerprint density at radius 1 is 1.06 bits per heavy atom. The molecule has 2 fully saturated rings. The Morgan fingerprint density at radius 3 is 2.55 bits per heavy atom. The highest BCUT2D eigenvalue weighted by atomic mass is 16.3. The maximum absolute atomic E-state index is 13.4. The number of urea groups is 1. The summed E-state index contributed by atoms with van der Waals surface area (Å²) in [5.41, 5.74) is 1.19. The first-order valence-electron chi connectivity index (χ1n) is 10.8. The van der Waals surface area contributed by atoms with Crippen LogP contribution in [0, 0.1) is 17.8 Å². The highest BCUT2D eigenvalue weighted by Crippen LogP contribution is 2.49. The van der Waals surface area contributed by atoms with Crippen molar-refractivity contribution in [2.75, 3.05) is 18.5 Å². The molecule has 1 aromatic heterocycles. The number of hydrogen-bond donors (Lipinski definition) is 3. The second kappa shape index (κ2) is 7.85. The van der Waals surface area contributed by atoms with Crippen molar-refractivity contribution in [3.63, 3.8) is 0 Å². The van der Waals surface area contributed by atoms with Crippen LogP contribution in [0.2, 0.25) is 0 Å². The number of nitrogens with one attached hydrogen (secondary N) is 2. The molecule has 8 heteroatoms. The summed E-state index contributed by atoms with van der Waals surface area (Å²) in [4.78, 5) is 40.6. The molecule has 3 amide bonds. The van der Waals surface area contributed by atoms with E-state index in [4.69, 9.17) is 0 Å². The van der Waals surface area contributed by atoms with E-state index in [9.17, 15) is 19.5 Å². The minimum absolute atomic E-state index is 0.137. The fourth-order valence-corrected chi connectivity index (χ4v) is 5.04. The molecule has 0 radical (unpaired) electrons. The zero-order valence-electron chi connectivity index (χ0n) is 17.1. The van der Waals surface area contributed by atoms with Crippen LogP contribution in [0.25, 0.3) is 0 Å². The van der Waals surface area contributed by atoms with Crippen molar-refractivity contribution in [1.82, 2.24) is 14.8 Å². The van der Waals surface area contributed by atoms with Crippen LogP contribution in [0.4, 0.5) is 10.5 Å². The van der Waals surface area contributed by atoms with Crippen LogP contribution in [0.3, 0.4) is 0 Å². The van der Waals surface area contributed by atoms with Crippen LogP contribution in [-0.4, -0.2) is 45.7 Å². The number of fused-ring (bicyclic) bond motifs is 3. The van der Waals surface area contributed by atoms with E-state index in [1.165, 1.54) is 6.07 Å². The van der Waals surface area contributed by atoms with Gasteiger partial charge in [0, 0.05) is 49.0 Å². The molecular weight excluding hydrogens is 396 g/mol. The van der Waals surface area contributed by atoms with Crippen molar-refractivity contribution >= 4 is 17.6 Å². The zero-order chi connectivity index (χ0) is 21.5. The number of aliphatic hydroxyl groups is 1. The van der Waals surface area contributed by atoms with Crippen molar-refractivity contribution in [3.8, 4) is 0 Å². The zero-order valence-corrected chi connectivity index (χ0v) is 17.1. The van der Waals surface area contributed by atoms with Gasteiger partial charge in [-0.2, -0.15) is 0 Å². The van der Waals surface area contributed by atoms with Crippen molar-refractivity contribution in [3.05, 3.63) is 64.6 Å². The van der Waals surface area contributed by atoms with E-state index < -0.39 is 24.0 Å². The normalized spacial score (nSPS) is 26.3. The number of likely N-dealkylation sites (tertiary alicyclic amines) is 1. The van der Waals surface area contributed by atoms with Crippen LogP contribution in [-0.2, 0) is 11.3 Å². The summed E-state index contributed by atoms with van der Waals surface area (Å²) in [6.07, 6.45) is 2.21. The maximum atomic E-state index is 13.4. The molecule has 2 aliphatic heterocycles. The van der Waals surface area contributed by atoms with Crippen molar-refractivity contribution < 1.29 is 14.7 Å². The summed E-state index contributed by atoms with van der Waals surface area (Å²) >= 11 is 0. The minimum Gasteiger partial charge on any atom is -0.396 e. The molecule has 3 N–H and O–H groups in total. The highest BCUT2D eigenvalue weighted by Gasteiger charge is 2.57. The lowest BCUT2D eigenvalue weighted by atomic mass is 9.88. The number of benzene rings is 1. The molecule has 0 unspecified atom stereocenters. The predicted octanol–water partition coefficient (Wildman–Crippen LogP) is 1.57. The van der Waals surface area contributed by atoms with Gasteiger partial charge < -0.3 is 25.2 Å². The molecule has 0 spiro atoms. The Bertz CT molecular complexity index is 1050. The van der Waals surface area contributed by atoms with E-state index >= 15 is 0 Å². The molecule has 0 bridgehead atoms. The van der Waals surface area contributed by atoms with E-state index in [1.807, 2.05) is 24.3 Å². The number of para-hydroxylation sites is 1. The largest absolute Gasteiger partial charge is 0.396 e. The van der Waals surface area contributed by atoms with E-state index in [2.05, 4.69) is 10.6 Å². The number of carbonyl (C=O) groups is 2. The number of pyridine rings is 1. The number of carbonyl (C=O) groups excluding carboxylic acids is 2. The first-order valence-corrected chi connectivity index (χ1v) is 10.8. The second-order valence-corrected chi connectivity index (χ2v) is 8.69. The smallest absolute Gasteiger partial charge is 0.323 e. The van der Waals surface area contributed by atoms with Crippen molar-refractivity contribution in [2.45, 2.75) is 31.5 Å². The number of aliphatic hydroxyl groups excluding tert-OH is 1. The SMILES string of the molecule is O=C(NCC1CC1)[C@@H]1[C@@H](CO)[C@@H]2Cn3c(cccc3=O)[C@@H]2N1C(=O)Nc1ccccc1. The Morgan fingerprint density at radius 2 is 1.84 bits per heavy atom. The van der Waals surface area contributed by atoms with E-state index in [0.717, 1.165) is 12.8 Å². The number of aromatic nitrogens is 1. The highest BCUT2D eigenvalue weighted by molar-refractivity contribution is 5.95. The Balaban J connectivity index is 1.51. The summed E-state index contributed by atoms with van der Waals surface area (Å²) < 4.78 is 1.65. The van der Waals surface area contributed by atoms with Crippen LogP contribution in [0.5, 0.6) is 0 Å². The summed E-state index contributed by atoms with van der Waals surface area (Å²) in [6.45, 7) is 0.736. The van der Waals surface area contributed by atoms with Crippen LogP contribution in [0.1, 0.15) is 24.6 Å². The predicted molar refractivity (Wildman–Crippen MR) is 114 cm³/mol. The third-order valence-corrected chi connectivity index (χ3v) is 6.74. The van der Waals surface area contributed by atoms with Gasteiger partial charge in [0.15, 0.2) is 0 Å². The summed E-state index contributed by atoms with van der Waals surface area (Å²) in [7, 11) is 0. The van der Waals surface area contributed by atoms with Gasteiger partial charge in [-0.15, -0.1) is 0 Å². The first-order chi connectivity index (χ1) is 15.1. The molecular formula is C23H26N4O4. The fourth-order valence-electron chi connectivity index (χ4n) is 5.04. The third kappa shape index (κ3) is 3.50. The maximum Gasteiger partial charge on any atom is 0.323 e. The molecule has 1 saturated carbocycles. The van der Waals surface area contributed by atoms with Gasteiger partial charge in [0.25, 0.3) is 5.56 Å². The van der Waals surface area contributed by atoms with E-state index in [1.54, 1.807) is 27.7 Å². The Labute approximate surface area is 179 Å². The van der Waals surface area contributed by atoms with Gasteiger partial charge in [-0.25, -0.2) is 4.79 Å². The number of hydrogen-bond acceptors (Lipinski definition) is 4. The number of rotatable bonds is 5. The average Bonchev–Trinajstić information content (AvgIpc) is 3.44. The Kier molecular flexibility index (Phi) is 5.02. The molecule has 1 aliphatic carbocycles. The summed E-state index contributed by atoms with van der Waals surface area (Å²) in [5.74, 6) is -0.403. The van der Waals surface area contributed by atoms with Crippen LogP contribution < -0.4 is 16.2 Å². The van der Waals surface area contributed by atoms with Gasteiger partial charge in [0.05, 0.1) is 6.04 Å². The van der Waals surface area contributed by atoms with E-state index in [0.29, 0.717) is 30.4 Å². The van der Waals surface area contributed by atoms with Gasteiger partial charge in [-0.3, -0.25) is 9.59 Å². The Hall–Kier alpha value is -3.13. The molecule has 31 heavy (non-hydrogen) atoms. The summed E-state index contributed by atoms with van der Waals surface area (Å²) in [5, 5.41) is 16.1. The molecule has 3 aliphatic rings. The first kappa shape index (κ1) is 19.8. The monoisotopic (exact) mass is 422 g/mol. The molecule has 4 atom stereocenters. The summed E-state index contributed by atoms with van der Waals surface area (Å²) in [6, 6.07) is 12.4. The van der Waals surface area contributed by atoms with Crippen LogP contribution in [0.15, 0.2) is 53.3 Å². The minimum atomic E-state index is -0.800. The number of anilines is 1. The van der Waals surface area contributed by atoms with Crippen molar-refractivity contribution in [1.29, 1.82) is 0 Å². The van der Waals surface area contributed by atoms with Gasteiger partial charge in [-0.1, -0.05) is 24.3 Å². The van der Waals surface area contributed by atoms with E-state index in [-0.39, 0.29) is 24.0 Å². The van der Waals surface area contributed by atoms with Gasteiger partial charge in [0.1, 0.15) is 6.04 Å². The van der Waals surface area contributed by atoms with Crippen molar-refractivity contribution in [2.24, 2.45) is 17.8 Å². The topological polar surface area (TPSA) is 104 Å². The van der Waals surface area contributed by atoms with Gasteiger partial charge in [-0.05, 0) is 37.0 Å². The fraction of sp³-hybridized carbons (Fsp3) is 0.435. The lowest BCUT2D eigenvalue weighted by molar-refractivity contribution is -0.126. The number of nitrogens with zero attached hydrogens (tertiary/aromatic N) is 2. The molecule has 3 heterocycles. The lowest BCUT2D eigenvalue weighted by Crippen LogP contribution is -2.51. The molecule has 5 rings (SSSR count). The molecule has 1 saturated heterocycles. The quantitative estimate of drug-likeness (QED) is 0.680. The van der Waals surface area contributed by atoms with Crippen LogP contribution >= 0.6 is 0 Å². The van der Waals surface area contributed by atoms with Gasteiger partial charge >= 0.3 is 6.03 Å². The lowest BCUT2D eigenvalue weighted by Gasteiger charge is -2.31. The van der Waals surface area contributed by atoms with Gasteiger partial charge in [0.2, 0.25) is 5.91 Å².